The van der Waals surface area contributed by atoms with Crippen molar-refractivity contribution in [3.8, 4) is 0 Å². The lowest BCUT2D eigenvalue weighted by Crippen LogP contribution is -2.52. The van der Waals surface area contributed by atoms with Gasteiger partial charge in [-0.2, -0.15) is 0 Å². The van der Waals surface area contributed by atoms with Crippen LogP contribution in [0, 0.1) is 5.92 Å². The molecule has 0 radical (unpaired) electrons. The topological polar surface area (TPSA) is 59.5 Å². The van der Waals surface area contributed by atoms with E-state index < -0.39 is 0 Å². The van der Waals surface area contributed by atoms with Gasteiger partial charge < -0.3 is 14.5 Å². The first-order chi connectivity index (χ1) is 11.7. The molecule has 1 aromatic rings. The van der Waals surface area contributed by atoms with Gasteiger partial charge in [0.2, 0.25) is 0 Å². The molecule has 3 fully saturated rings. The van der Waals surface area contributed by atoms with Gasteiger partial charge in [-0.3, -0.25) is 9.47 Å². The van der Waals surface area contributed by atoms with Crippen molar-refractivity contribution in [3.63, 3.8) is 0 Å². The molecule has 1 N–H and O–H groups in total. The Morgan fingerprint density at radius 2 is 2.17 bits per heavy atom. The first-order valence-corrected chi connectivity index (χ1v) is 9.35. The number of likely N-dealkylation sites (tertiary alicyclic amines) is 1. The standard InChI is InChI=1S/C18H29N3O3/c1-23-18-5-4-15(24-13-14-2-3-14)12-16(18)20(8-6-18)10-11-21-9-7-19-17(21)22/h7,9,14-16H,2-6,8,10-13H2,1H3,(H,19,22)/t15-,16-,18+/m0/s1. The molecule has 4 rings (SSSR count). The van der Waals surface area contributed by atoms with Crippen LogP contribution in [-0.4, -0.2) is 59.0 Å². The van der Waals surface area contributed by atoms with Gasteiger partial charge in [-0.15, -0.1) is 0 Å². The highest BCUT2D eigenvalue weighted by atomic mass is 16.5. The van der Waals surface area contributed by atoms with E-state index >= 15 is 0 Å². The van der Waals surface area contributed by atoms with Crippen molar-refractivity contribution in [1.29, 1.82) is 0 Å². The summed E-state index contributed by atoms with van der Waals surface area (Å²) in [6.45, 7) is 3.61. The SMILES string of the molecule is CO[C@@]12CC[C@H](OCC3CC3)C[C@@H]1N(CCn1cc[nH]c1=O)CC2. The van der Waals surface area contributed by atoms with Crippen LogP contribution < -0.4 is 5.69 Å². The number of rotatable bonds is 7. The lowest BCUT2D eigenvalue weighted by molar-refractivity contribution is -0.102. The van der Waals surface area contributed by atoms with E-state index in [0.29, 0.717) is 12.1 Å². The molecule has 134 valence electrons. The number of fused-ring (bicyclic) bond motifs is 1. The van der Waals surface area contributed by atoms with E-state index in [-0.39, 0.29) is 11.3 Å². The van der Waals surface area contributed by atoms with E-state index in [0.717, 1.165) is 57.8 Å². The number of aromatic amines is 1. The fourth-order valence-corrected chi connectivity index (χ4v) is 4.49. The summed E-state index contributed by atoms with van der Waals surface area (Å²) in [6, 6.07) is 0.412. The second-order valence-electron chi connectivity index (χ2n) is 7.70. The van der Waals surface area contributed by atoms with Crippen LogP contribution in [0.5, 0.6) is 0 Å². The maximum Gasteiger partial charge on any atom is 0.325 e. The van der Waals surface area contributed by atoms with Crippen LogP contribution in [0.1, 0.15) is 38.5 Å². The van der Waals surface area contributed by atoms with E-state index in [2.05, 4.69) is 9.88 Å². The van der Waals surface area contributed by atoms with Crippen LogP contribution in [0.25, 0.3) is 0 Å². The van der Waals surface area contributed by atoms with E-state index in [1.165, 1.54) is 12.8 Å². The third-order valence-electron chi connectivity index (χ3n) is 6.27. The van der Waals surface area contributed by atoms with Gasteiger partial charge in [-0.1, -0.05) is 0 Å². The largest absolute Gasteiger partial charge is 0.378 e. The maximum atomic E-state index is 11.7. The van der Waals surface area contributed by atoms with E-state index in [1.807, 2.05) is 13.3 Å². The number of imidazole rings is 1. The van der Waals surface area contributed by atoms with E-state index in [1.54, 1.807) is 10.8 Å². The summed E-state index contributed by atoms with van der Waals surface area (Å²) in [7, 11) is 1.86. The molecular weight excluding hydrogens is 306 g/mol. The summed E-state index contributed by atoms with van der Waals surface area (Å²) < 4.78 is 13.9. The fourth-order valence-electron chi connectivity index (χ4n) is 4.49. The van der Waals surface area contributed by atoms with E-state index in [9.17, 15) is 4.79 Å². The molecule has 6 nitrogen and oxygen atoms in total. The Hall–Kier alpha value is -1.11. The van der Waals surface area contributed by atoms with Gasteiger partial charge >= 0.3 is 5.69 Å². The molecule has 2 heterocycles. The number of hydrogen-bond donors (Lipinski definition) is 1. The molecule has 3 aliphatic rings. The van der Waals surface area contributed by atoms with Crippen molar-refractivity contribution < 1.29 is 9.47 Å². The van der Waals surface area contributed by atoms with Crippen LogP contribution in [0.15, 0.2) is 17.2 Å². The summed E-state index contributed by atoms with van der Waals surface area (Å²) in [4.78, 5) is 16.9. The molecule has 1 aromatic heterocycles. The summed E-state index contributed by atoms with van der Waals surface area (Å²) in [5.74, 6) is 0.819. The fraction of sp³-hybridized carbons (Fsp3) is 0.833. The Balaban J connectivity index is 1.39. The Labute approximate surface area is 143 Å². The number of hydrogen-bond acceptors (Lipinski definition) is 4. The third-order valence-corrected chi connectivity index (χ3v) is 6.27. The lowest BCUT2D eigenvalue weighted by atomic mass is 9.79. The summed E-state index contributed by atoms with van der Waals surface area (Å²) in [5.41, 5.74) is -0.0378. The van der Waals surface area contributed by atoms with Crippen LogP contribution in [-0.2, 0) is 16.0 Å². The average Bonchev–Trinajstić information content (AvgIpc) is 3.24. The van der Waals surface area contributed by atoms with Crippen molar-refractivity contribution in [3.05, 3.63) is 22.9 Å². The van der Waals surface area contributed by atoms with Gasteiger partial charge in [-0.25, -0.2) is 4.79 Å². The number of ether oxygens (including phenoxy) is 2. The first-order valence-electron chi connectivity index (χ1n) is 9.35. The summed E-state index contributed by atoms with van der Waals surface area (Å²) >= 11 is 0. The van der Waals surface area contributed by atoms with Crippen molar-refractivity contribution in [2.24, 2.45) is 5.92 Å². The highest BCUT2D eigenvalue weighted by molar-refractivity contribution is 5.05. The highest BCUT2D eigenvalue weighted by Gasteiger charge is 2.51. The van der Waals surface area contributed by atoms with Gasteiger partial charge in [0.15, 0.2) is 0 Å². The van der Waals surface area contributed by atoms with Gasteiger partial charge in [0.05, 0.1) is 11.7 Å². The molecule has 0 spiro atoms. The molecular formula is C18H29N3O3. The molecule has 0 amide bonds. The normalized spacial score (nSPS) is 33.7. The minimum atomic E-state index is -0.0264. The van der Waals surface area contributed by atoms with Crippen molar-refractivity contribution in [1.82, 2.24) is 14.5 Å². The minimum Gasteiger partial charge on any atom is -0.378 e. The van der Waals surface area contributed by atoms with Crippen molar-refractivity contribution in [2.45, 2.75) is 62.8 Å². The molecule has 2 saturated carbocycles. The van der Waals surface area contributed by atoms with Crippen LogP contribution in [0.4, 0.5) is 0 Å². The number of nitrogens with one attached hydrogen (secondary N) is 1. The predicted molar refractivity (Wildman–Crippen MR) is 91.1 cm³/mol. The molecule has 0 aromatic carbocycles. The third kappa shape index (κ3) is 3.19. The molecule has 1 saturated heterocycles. The smallest absolute Gasteiger partial charge is 0.325 e. The van der Waals surface area contributed by atoms with Crippen LogP contribution >= 0.6 is 0 Å². The molecule has 1 aliphatic heterocycles. The van der Waals surface area contributed by atoms with Gasteiger partial charge in [0.25, 0.3) is 0 Å². The Bertz CT molecular complexity index is 609. The molecule has 24 heavy (non-hydrogen) atoms. The zero-order valence-corrected chi connectivity index (χ0v) is 14.6. The van der Waals surface area contributed by atoms with Gasteiger partial charge in [0.1, 0.15) is 0 Å². The molecule has 0 unspecified atom stereocenters. The Morgan fingerprint density at radius 3 is 2.88 bits per heavy atom. The summed E-state index contributed by atoms with van der Waals surface area (Å²) in [5, 5.41) is 0. The predicted octanol–water partition coefficient (Wildman–Crippen LogP) is 1.61. The number of aromatic nitrogens is 2. The second-order valence-corrected chi connectivity index (χ2v) is 7.70. The Morgan fingerprint density at radius 1 is 1.29 bits per heavy atom. The summed E-state index contributed by atoms with van der Waals surface area (Å²) in [6.07, 6.45) is 10.9. The van der Waals surface area contributed by atoms with Gasteiger partial charge in [0, 0.05) is 51.8 Å². The quantitative estimate of drug-likeness (QED) is 0.822. The molecule has 0 bridgehead atoms. The monoisotopic (exact) mass is 335 g/mol. The highest BCUT2D eigenvalue weighted by Crippen LogP contribution is 2.43. The van der Waals surface area contributed by atoms with Crippen LogP contribution in [0.2, 0.25) is 0 Å². The zero-order chi connectivity index (χ0) is 16.6. The van der Waals surface area contributed by atoms with Gasteiger partial charge in [-0.05, 0) is 44.4 Å². The first kappa shape index (κ1) is 16.4. The van der Waals surface area contributed by atoms with E-state index in [4.69, 9.17) is 9.47 Å². The number of nitrogens with zero attached hydrogens (tertiary/aromatic N) is 2. The second kappa shape index (κ2) is 6.65. The average molecular weight is 335 g/mol. The zero-order valence-electron chi connectivity index (χ0n) is 14.6. The lowest BCUT2D eigenvalue weighted by Gasteiger charge is -2.43. The molecule has 3 atom stereocenters. The van der Waals surface area contributed by atoms with Crippen molar-refractivity contribution >= 4 is 0 Å². The minimum absolute atomic E-state index is 0.0114. The van der Waals surface area contributed by atoms with Crippen LogP contribution in [0.3, 0.4) is 0 Å². The number of H-pyrrole nitrogens is 1. The molecule has 2 aliphatic carbocycles. The number of methoxy groups -OCH3 is 1. The van der Waals surface area contributed by atoms with Crippen molar-refractivity contribution in [2.75, 3.05) is 26.8 Å². The molecule has 6 heteroatoms. The Kier molecular flexibility index (Phi) is 4.54. The maximum absolute atomic E-state index is 11.7.